The molecule has 0 atom stereocenters. The zero-order valence-corrected chi connectivity index (χ0v) is 14.9. The number of ether oxygens (including phenoxy) is 1. The maximum atomic E-state index is 5.90. The van der Waals surface area contributed by atoms with Crippen LogP contribution in [0.15, 0.2) is 53.9 Å². The topological polar surface area (TPSA) is 34.2 Å². The molecule has 1 N–H and O–H groups in total. The number of thiazole rings is 1. The molecule has 3 rings (SSSR count). The van der Waals surface area contributed by atoms with Crippen LogP contribution in [0.1, 0.15) is 16.1 Å². The van der Waals surface area contributed by atoms with Crippen molar-refractivity contribution in [2.24, 2.45) is 0 Å². The van der Waals surface area contributed by atoms with Gasteiger partial charge in [-0.2, -0.15) is 0 Å². The van der Waals surface area contributed by atoms with Crippen molar-refractivity contribution >= 4 is 11.3 Å². The van der Waals surface area contributed by atoms with Crippen molar-refractivity contribution in [1.82, 2.24) is 10.3 Å². The van der Waals surface area contributed by atoms with E-state index in [4.69, 9.17) is 9.72 Å². The third-order valence-electron chi connectivity index (χ3n) is 3.86. The van der Waals surface area contributed by atoms with Gasteiger partial charge in [0, 0.05) is 23.9 Å². The van der Waals surface area contributed by atoms with Gasteiger partial charge in [-0.15, -0.1) is 11.3 Å². The number of aryl methyl sites for hydroxylation is 1. The molecule has 0 amide bonds. The molecule has 0 unspecified atom stereocenters. The van der Waals surface area contributed by atoms with Crippen LogP contribution < -0.4 is 10.1 Å². The molecule has 0 aliphatic rings. The van der Waals surface area contributed by atoms with Gasteiger partial charge in [-0.3, -0.25) is 0 Å². The van der Waals surface area contributed by atoms with E-state index >= 15 is 0 Å². The second kappa shape index (κ2) is 8.08. The quantitative estimate of drug-likeness (QED) is 0.691. The van der Waals surface area contributed by atoms with Crippen molar-refractivity contribution in [3.8, 4) is 17.0 Å². The zero-order chi connectivity index (χ0) is 16.8. The van der Waals surface area contributed by atoms with E-state index in [0.29, 0.717) is 6.61 Å². The molecule has 0 aliphatic heterocycles. The summed E-state index contributed by atoms with van der Waals surface area (Å²) >= 11 is 1.72. The Kier molecular flexibility index (Phi) is 5.62. The average molecular weight is 338 g/mol. The van der Waals surface area contributed by atoms with E-state index in [1.54, 1.807) is 11.3 Å². The van der Waals surface area contributed by atoms with Gasteiger partial charge < -0.3 is 10.1 Å². The second-order valence-corrected chi connectivity index (χ2v) is 6.67. The fourth-order valence-electron chi connectivity index (χ4n) is 2.54. The monoisotopic (exact) mass is 338 g/mol. The third kappa shape index (κ3) is 4.22. The standard InChI is InChI=1S/C20H22N2OS/c1-15-12-17(23-13-16-6-4-3-5-7-16)8-9-18(15)19-14-24-20(22-19)10-11-21-2/h3-9,12,14,21H,10-11,13H2,1-2H3. The summed E-state index contributed by atoms with van der Waals surface area (Å²) in [7, 11) is 1.97. The van der Waals surface area contributed by atoms with Crippen molar-refractivity contribution in [3.63, 3.8) is 0 Å². The van der Waals surface area contributed by atoms with Crippen LogP contribution in [0.4, 0.5) is 0 Å². The van der Waals surface area contributed by atoms with Crippen LogP contribution in [0.3, 0.4) is 0 Å². The first-order valence-electron chi connectivity index (χ1n) is 8.13. The minimum Gasteiger partial charge on any atom is -0.489 e. The molecule has 0 saturated heterocycles. The molecule has 4 heteroatoms. The Hall–Kier alpha value is -2.17. The first-order valence-corrected chi connectivity index (χ1v) is 9.01. The SMILES string of the molecule is CNCCc1nc(-c2ccc(OCc3ccccc3)cc2C)cs1. The fraction of sp³-hybridized carbons (Fsp3) is 0.250. The van der Waals surface area contributed by atoms with E-state index in [1.807, 2.05) is 31.3 Å². The van der Waals surface area contributed by atoms with Gasteiger partial charge in [-0.1, -0.05) is 30.3 Å². The number of nitrogens with one attached hydrogen (secondary N) is 1. The molecule has 3 nitrogen and oxygen atoms in total. The highest BCUT2D eigenvalue weighted by atomic mass is 32.1. The van der Waals surface area contributed by atoms with Crippen LogP contribution in [0.2, 0.25) is 0 Å². The summed E-state index contributed by atoms with van der Waals surface area (Å²) in [5.41, 5.74) is 4.59. The number of hydrogen-bond acceptors (Lipinski definition) is 4. The van der Waals surface area contributed by atoms with Gasteiger partial charge in [0.15, 0.2) is 0 Å². The number of likely N-dealkylation sites (N-methyl/N-ethyl adjacent to an activating group) is 1. The Balaban J connectivity index is 1.69. The fourth-order valence-corrected chi connectivity index (χ4v) is 3.33. The van der Waals surface area contributed by atoms with E-state index < -0.39 is 0 Å². The van der Waals surface area contributed by atoms with Crippen LogP contribution in [-0.4, -0.2) is 18.6 Å². The predicted octanol–water partition coefficient (Wildman–Crippen LogP) is 4.46. The number of nitrogens with zero attached hydrogens (tertiary/aromatic N) is 1. The maximum absolute atomic E-state index is 5.90. The minimum atomic E-state index is 0.588. The van der Waals surface area contributed by atoms with Crippen LogP contribution in [0.5, 0.6) is 5.75 Å². The van der Waals surface area contributed by atoms with Crippen molar-refractivity contribution < 1.29 is 4.74 Å². The lowest BCUT2D eigenvalue weighted by atomic mass is 10.1. The Morgan fingerprint density at radius 3 is 2.71 bits per heavy atom. The predicted molar refractivity (Wildman–Crippen MR) is 101 cm³/mol. The Labute approximate surface area is 147 Å². The third-order valence-corrected chi connectivity index (χ3v) is 4.77. The molecule has 1 aromatic heterocycles. The van der Waals surface area contributed by atoms with Crippen molar-refractivity contribution in [3.05, 3.63) is 70.0 Å². The van der Waals surface area contributed by atoms with Crippen LogP contribution in [-0.2, 0) is 13.0 Å². The highest BCUT2D eigenvalue weighted by Gasteiger charge is 2.08. The van der Waals surface area contributed by atoms with Gasteiger partial charge in [-0.05, 0) is 43.3 Å². The molecule has 124 valence electrons. The smallest absolute Gasteiger partial charge is 0.120 e. The summed E-state index contributed by atoms with van der Waals surface area (Å²) in [5, 5.41) is 6.47. The molecule has 0 radical (unpaired) electrons. The highest BCUT2D eigenvalue weighted by molar-refractivity contribution is 7.09. The first kappa shape index (κ1) is 16.7. The van der Waals surface area contributed by atoms with Crippen molar-refractivity contribution in [2.45, 2.75) is 20.0 Å². The van der Waals surface area contributed by atoms with E-state index in [1.165, 1.54) is 21.7 Å². The van der Waals surface area contributed by atoms with Gasteiger partial charge >= 0.3 is 0 Å². The number of rotatable bonds is 7. The van der Waals surface area contributed by atoms with Gasteiger partial charge in [0.1, 0.15) is 12.4 Å². The van der Waals surface area contributed by atoms with E-state index in [0.717, 1.165) is 24.4 Å². The molecule has 0 bridgehead atoms. The lowest BCUT2D eigenvalue weighted by Gasteiger charge is -2.09. The molecule has 1 heterocycles. The number of hydrogen-bond donors (Lipinski definition) is 1. The Bertz CT molecular complexity index is 783. The minimum absolute atomic E-state index is 0.588. The molecule has 24 heavy (non-hydrogen) atoms. The summed E-state index contributed by atoms with van der Waals surface area (Å²) in [6, 6.07) is 16.4. The molecule has 0 aliphatic carbocycles. The molecule has 0 spiro atoms. The Morgan fingerprint density at radius 1 is 1.12 bits per heavy atom. The second-order valence-electron chi connectivity index (χ2n) is 5.73. The summed E-state index contributed by atoms with van der Waals surface area (Å²) in [5.74, 6) is 0.894. The van der Waals surface area contributed by atoms with Crippen LogP contribution in [0.25, 0.3) is 11.3 Å². The largest absolute Gasteiger partial charge is 0.489 e. The lowest BCUT2D eigenvalue weighted by molar-refractivity contribution is 0.306. The van der Waals surface area contributed by atoms with Gasteiger partial charge in [0.2, 0.25) is 0 Å². The van der Waals surface area contributed by atoms with Gasteiger partial charge in [-0.25, -0.2) is 4.98 Å². The normalized spacial score (nSPS) is 10.8. The lowest BCUT2D eigenvalue weighted by Crippen LogP contribution is -2.09. The molecule has 2 aromatic carbocycles. The summed E-state index contributed by atoms with van der Waals surface area (Å²) < 4.78 is 5.90. The molecule has 0 fully saturated rings. The average Bonchev–Trinajstić information content (AvgIpc) is 3.08. The maximum Gasteiger partial charge on any atom is 0.120 e. The van der Waals surface area contributed by atoms with E-state index in [-0.39, 0.29) is 0 Å². The molecular formula is C20H22N2OS. The first-order chi connectivity index (χ1) is 11.8. The molecular weight excluding hydrogens is 316 g/mol. The summed E-state index contributed by atoms with van der Waals surface area (Å²) in [6.45, 7) is 3.65. The molecule has 0 saturated carbocycles. The summed E-state index contributed by atoms with van der Waals surface area (Å²) in [6.07, 6.45) is 0.971. The van der Waals surface area contributed by atoms with Crippen molar-refractivity contribution in [2.75, 3.05) is 13.6 Å². The summed E-state index contributed by atoms with van der Waals surface area (Å²) in [4.78, 5) is 4.74. The van der Waals surface area contributed by atoms with Crippen LogP contribution >= 0.6 is 11.3 Å². The van der Waals surface area contributed by atoms with E-state index in [9.17, 15) is 0 Å². The zero-order valence-electron chi connectivity index (χ0n) is 14.1. The van der Waals surface area contributed by atoms with Crippen molar-refractivity contribution in [1.29, 1.82) is 0 Å². The number of aromatic nitrogens is 1. The van der Waals surface area contributed by atoms with Gasteiger partial charge in [0.05, 0.1) is 10.7 Å². The highest BCUT2D eigenvalue weighted by Crippen LogP contribution is 2.28. The Morgan fingerprint density at radius 2 is 1.96 bits per heavy atom. The van der Waals surface area contributed by atoms with Crippen LogP contribution in [0, 0.1) is 6.92 Å². The van der Waals surface area contributed by atoms with Gasteiger partial charge in [0.25, 0.3) is 0 Å². The number of benzene rings is 2. The molecule has 3 aromatic rings. The van der Waals surface area contributed by atoms with E-state index in [2.05, 4.69) is 41.9 Å².